The maximum Gasteiger partial charge on any atom is 0.277 e. The maximum atomic E-state index is 12.9. The van der Waals surface area contributed by atoms with Gasteiger partial charge in [0.1, 0.15) is 9.88 Å². The monoisotopic (exact) mass is 398 g/mol. The summed E-state index contributed by atoms with van der Waals surface area (Å²) >= 11 is 1.21. The molecule has 2 aromatic heterocycles. The summed E-state index contributed by atoms with van der Waals surface area (Å²) in [6.45, 7) is 5.86. The van der Waals surface area contributed by atoms with Gasteiger partial charge in [-0.25, -0.2) is 9.67 Å². The van der Waals surface area contributed by atoms with Crippen LogP contribution in [0.25, 0.3) is 10.6 Å². The Kier molecular flexibility index (Phi) is 5.71. The number of nitrogens with one attached hydrogen (secondary N) is 1. The van der Waals surface area contributed by atoms with E-state index in [4.69, 9.17) is 4.74 Å². The van der Waals surface area contributed by atoms with Crippen molar-refractivity contribution in [2.45, 2.75) is 27.4 Å². The highest BCUT2D eigenvalue weighted by atomic mass is 32.1. The van der Waals surface area contributed by atoms with E-state index in [-0.39, 0.29) is 11.5 Å². The lowest BCUT2D eigenvalue weighted by atomic mass is 10.1. The average Bonchev–Trinajstić information content (AvgIpc) is 3.03. The number of amides is 1. The molecule has 28 heavy (non-hydrogen) atoms. The molecule has 0 fully saturated rings. The summed E-state index contributed by atoms with van der Waals surface area (Å²) < 4.78 is 6.49. The minimum atomic E-state index is -0.259. The SMILES string of the molecule is COCc1ccccc1NC(=O)c1sc(-c2c(C)c(C)nn(C)c2=O)nc1C. The number of anilines is 1. The Morgan fingerprint density at radius 3 is 2.64 bits per heavy atom. The molecule has 0 bridgehead atoms. The molecular weight excluding hydrogens is 376 g/mol. The summed E-state index contributed by atoms with van der Waals surface area (Å²) in [6, 6.07) is 7.48. The summed E-state index contributed by atoms with van der Waals surface area (Å²) in [5.74, 6) is -0.259. The van der Waals surface area contributed by atoms with Gasteiger partial charge in [0.25, 0.3) is 11.5 Å². The van der Waals surface area contributed by atoms with Crippen molar-refractivity contribution < 1.29 is 9.53 Å². The third-order valence-electron chi connectivity index (χ3n) is 4.51. The number of methoxy groups -OCH3 is 1. The van der Waals surface area contributed by atoms with Crippen LogP contribution in [0.1, 0.15) is 32.2 Å². The Hall–Kier alpha value is -2.84. The zero-order valence-corrected chi connectivity index (χ0v) is 17.3. The van der Waals surface area contributed by atoms with E-state index in [9.17, 15) is 9.59 Å². The number of aromatic nitrogens is 3. The number of carbonyl (C=O) groups is 1. The number of hydrogen-bond acceptors (Lipinski definition) is 6. The van der Waals surface area contributed by atoms with Gasteiger partial charge in [-0.05, 0) is 32.4 Å². The van der Waals surface area contributed by atoms with Gasteiger partial charge in [0.05, 0.1) is 23.6 Å². The van der Waals surface area contributed by atoms with E-state index in [1.807, 2.05) is 38.1 Å². The van der Waals surface area contributed by atoms with Crippen LogP contribution in [0, 0.1) is 20.8 Å². The summed E-state index contributed by atoms with van der Waals surface area (Å²) in [6.07, 6.45) is 0. The second kappa shape index (κ2) is 8.04. The fourth-order valence-electron chi connectivity index (χ4n) is 2.92. The second-order valence-corrected chi connectivity index (χ2v) is 7.49. The van der Waals surface area contributed by atoms with Gasteiger partial charge in [0.15, 0.2) is 0 Å². The van der Waals surface area contributed by atoms with Crippen LogP contribution in [-0.4, -0.2) is 27.8 Å². The molecule has 2 heterocycles. The quantitative estimate of drug-likeness (QED) is 0.713. The van der Waals surface area contributed by atoms with Crippen LogP contribution in [0.15, 0.2) is 29.1 Å². The third-order valence-corrected chi connectivity index (χ3v) is 5.68. The molecule has 7 nitrogen and oxygen atoms in total. The lowest BCUT2D eigenvalue weighted by Crippen LogP contribution is -2.23. The molecule has 1 N–H and O–H groups in total. The van der Waals surface area contributed by atoms with Crippen LogP contribution in [-0.2, 0) is 18.4 Å². The fraction of sp³-hybridized carbons (Fsp3) is 0.300. The van der Waals surface area contributed by atoms with Crippen molar-refractivity contribution in [1.82, 2.24) is 14.8 Å². The van der Waals surface area contributed by atoms with Gasteiger partial charge in [0.2, 0.25) is 0 Å². The zero-order valence-electron chi connectivity index (χ0n) is 16.5. The van der Waals surface area contributed by atoms with Gasteiger partial charge in [-0.15, -0.1) is 11.3 Å². The molecule has 3 aromatic rings. The fourth-order valence-corrected chi connectivity index (χ4v) is 3.97. The van der Waals surface area contributed by atoms with E-state index < -0.39 is 0 Å². The summed E-state index contributed by atoms with van der Waals surface area (Å²) in [4.78, 5) is 30.4. The Morgan fingerprint density at radius 1 is 1.21 bits per heavy atom. The van der Waals surface area contributed by atoms with Crippen LogP contribution in [0.4, 0.5) is 5.69 Å². The first-order valence-corrected chi connectivity index (χ1v) is 9.55. The number of para-hydroxylation sites is 1. The van der Waals surface area contributed by atoms with Crippen molar-refractivity contribution in [3.8, 4) is 10.6 Å². The van der Waals surface area contributed by atoms with Crippen LogP contribution in [0.5, 0.6) is 0 Å². The van der Waals surface area contributed by atoms with E-state index >= 15 is 0 Å². The molecule has 0 radical (unpaired) electrons. The van der Waals surface area contributed by atoms with Gasteiger partial charge in [-0.2, -0.15) is 5.10 Å². The standard InChI is InChI=1S/C20H22N4O3S/c1-11-12(2)23-24(4)20(26)16(11)19-21-13(3)17(28-19)18(25)22-15-9-7-6-8-14(15)10-27-5/h6-9H,10H2,1-5H3,(H,22,25). The Balaban J connectivity index is 1.98. The van der Waals surface area contributed by atoms with E-state index in [1.54, 1.807) is 21.1 Å². The number of carbonyl (C=O) groups excluding carboxylic acids is 1. The molecule has 0 aliphatic rings. The van der Waals surface area contributed by atoms with Gasteiger partial charge in [-0.3, -0.25) is 9.59 Å². The molecule has 0 saturated carbocycles. The first-order chi connectivity index (χ1) is 13.3. The first-order valence-electron chi connectivity index (χ1n) is 8.74. The lowest BCUT2D eigenvalue weighted by Gasteiger charge is -2.09. The number of rotatable bonds is 5. The van der Waals surface area contributed by atoms with E-state index in [1.165, 1.54) is 16.0 Å². The number of aryl methyl sites for hydroxylation is 3. The number of hydrogen-bond donors (Lipinski definition) is 1. The van der Waals surface area contributed by atoms with Crippen LogP contribution >= 0.6 is 11.3 Å². The lowest BCUT2D eigenvalue weighted by molar-refractivity contribution is 0.102. The van der Waals surface area contributed by atoms with Crippen molar-refractivity contribution in [1.29, 1.82) is 0 Å². The summed E-state index contributed by atoms with van der Waals surface area (Å²) in [5, 5.41) is 7.65. The number of benzene rings is 1. The molecule has 0 unspecified atom stereocenters. The zero-order chi connectivity index (χ0) is 20.4. The summed E-state index contributed by atoms with van der Waals surface area (Å²) in [5.41, 5.74) is 3.94. The highest BCUT2D eigenvalue weighted by molar-refractivity contribution is 7.17. The predicted molar refractivity (Wildman–Crippen MR) is 110 cm³/mol. The smallest absolute Gasteiger partial charge is 0.277 e. The topological polar surface area (TPSA) is 86.1 Å². The predicted octanol–water partition coefficient (Wildman–Crippen LogP) is 3.23. The van der Waals surface area contributed by atoms with Gasteiger partial charge < -0.3 is 10.1 Å². The third kappa shape index (κ3) is 3.74. The van der Waals surface area contributed by atoms with Crippen molar-refractivity contribution in [3.05, 3.63) is 62.0 Å². The van der Waals surface area contributed by atoms with Crippen molar-refractivity contribution in [3.63, 3.8) is 0 Å². The highest BCUT2D eigenvalue weighted by Crippen LogP contribution is 2.29. The molecule has 1 aromatic carbocycles. The number of nitrogens with zero attached hydrogens (tertiary/aromatic N) is 3. The normalized spacial score (nSPS) is 10.9. The van der Waals surface area contributed by atoms with Gasteiger partial charge in [0, 0.05) is 25.4 Å². The van der Waals surface area contributed by atoms with E-state index in [2.05, 4.69) is 15.4 Å². The van der Waals surface area contributed by atoms with Crippen molar-refractivity contribution >= 4 is 22.9 Å². The largest absolute Gasteiger partial charge is 0.380 e. The van der Waals surface area contributed by atoms with Crippen LogP contribution in [0.3, 0.4) is 0 Å². The molecule has 146 valence electrons. The Morgan fingerprint density at radius 2 is 1.93 bits per heavy atom. The molecule has 0 saturated heterocycles. The van der Waals surface area contributed by atoms with Crippen LogP contribution < -0.4 is 10.9 Å². The summed E-state index contributed by atoms with van der Waals surface area (Å²) in [7, 11) is 3.22. The first kappa shape index (κ1) is 19.9. The maximum absolute atomic E-state index is 12.9. The number of thiazole rings is 1. The van der Waals surface area contributed by atoms with Crippen LogP contribution in [0.2, 0.25) is 0 Å². The molecule has 0 aliphatic carbocycles. The Labute approximate surface area is 167 Å². The molecule has 1 amide bonds. The van der Waals surface area contributed by atoms with Crippen molar-refractivity contribution in [2.24, 2.45) is 7.05 Å². The minimum absolute atomic E-state index is 0.228. The van der Waals surface area contributed by atoms with Crippen molar-refractivity contribution in [2.75, 3.05) is 12.4 Å². The second-order valence-electron chi connectivity index (χ2n) is 6.49. The minimum Gasteiger partial charge on any atom is -0.380 e. The number of ether oxygens (including phenoxy) is 1. The highest BCUT2D eigenvalue weighted by Gasteiger charge is 2.21. The average molecular weight is 398 g/mol. The van der Waals surface area contributed by atoms with E-state index in [0.29, 0.717) is 33.4 Å². The van der Waals surface area contributed by atoms with E-state index in [0.717, 1.165) is 16.8 Å². The molecule has 3 rings (SSSR count). The molecule has 0 spiro atoms. The molecule has 0 atom stereocenters. The molecular formula is C20H22N4O3S. The molecule has 0 aliphatic heterocycles. The van der Waals surface area contributed by atoms with Gasteiger partial charge in [-0.1, -0.05) is 18.2 Å². The molecule has 8 heteroatoms. The van der Waals surface area contributed by atoms with Gasteiger partial charge >= 0.3 is 0 Å². The Bertz CT molecular complexity index is 1100.